The number of fused-ring (bicyclic) bond motifs is 1. The normalized spacial score (nSPS) is 16.9. The van der Waals surface area contributed by atoms with Crippen molar-refractivity contribution in [3.05, 3.63) is 77.8 Å². The van der Waals surface area contributed by atoms with Crippen LogP contribution in [0.25, 0.3) is 6.08 Å². The summed E-state index contributed by atoms with van der Waals surface area (Å²) in [5.41, 5.74) is 3.61. The lowest BCUT2D eigenvalue weighted by atomic mass is 10.1. The Kier molecular flexibility index (Phi) is 7.32. The second kappa shape index (κ2) is 10.6. The first-order chi connectivity index (χ1) is 16.0. The Labute approximate surface area is 195 Å². The number of hydrogen-bond acceptors (Lipinski definition) is 5. The summed E-state index contributed by atoms with van der Waals surface area (Å²) in [4.78, 5) is 36.0. The van der Waals surface area contributed by atoms with Crippen LogP contribution in [0.4, 0.5) is 5.69 Å². The highest BCUT2D eigenvalue weighted by atomic mass is 16.2. The number of benzene rings is 1. The fraction of sp³-hybridized carbons (Fsp3) is 0.346. The smallest absolute Gasteiger partial charge is 0.258 e. The predicted molar refractivity (Wildman–Crippen MR) is 131 cm³/mol. The molecule has 1 aromatic heterocycles. The number of carbonyl (C=O) groups excluding carboxylic acids is 2. The Balaban J connectivity index is 1.29. The number of hydrogen-bond donors (Lipinski definition) is 1. The minimum Gasteiger partial charge on any atom is -0.326 e. The summed E-state index contributed by atoms with van der Waals surface area (Å²) in [6.07, 6.45) is 6.66. The third-order valence-corrected chi connectivity index (χ3v) is 6.15. The molecule has 33 heavy (non-hydrogen) atoms. The van der Waals surface area contributed by atoms with Crippen LogP contribution in [-0.2, 0) is 11.3 Å². The highest BCUT2D eigenvalue weighted by molar-refractivity contribution is 6.01. The van der Waals surface area contributed by atoms with E-state index in [2.05, 4.69) is 33.7 Å². The molecule has 7 nitrogen and oxygen atoms in total. The molecule has 1 saturated heterocycles. The van der Waals surface area contributed by atoms with E-state index >= 15 is 0 Å². The molecule has 1 aromatic carbocycles. The van der Waals surface area contributed by atoms with Crippen LogP contribution in [0.15, 0.2) is 60.9 Å². The molecule has 7 heteroatoms. The summed E-state index contributed by atoms with van der Waals surface area (Å²) in [6, 6.07) is 11.2. The fourth-order valence-corrected chi connectivity index (χ4v) is 4.11. The molecule has 2 aromatic rings. The van der Waals surface area contributed by atoms with Crippen molar-refractivity contribution >= 4 is 23.6 Å². The topological polar surface area (TPSA) is 68.8 Å². The largest absolute Gasteiger partial charge is 0.326 e. The van der Waals surface area contributed by atoms with Gasteiger partial charge in [0.05, 0.1) is 12.2 Å². The Hall–Kier alpha value is -3.29. The minimum absolute atomic E-state index is 0.0194. The molecule has 0 spiro atoms. The van der Waals surface area contributed by atoms with Crippen molar-refractivity contribution < 1.29 is 9.59 Å². The number of nitrogens with zero attached hydrogens (tertiary/aromatic N) is 4. The van der Waals surface area contributed by atoms with Crippen molar-refractivity contribution in [2.45, 2.75) is 19.4 Å². The van der Waals surface area contributed by atoms with Gasteiger partial charge in [0.2, 0.25) is 5.91 Å². The van der Waals surface area contributed by atoms with E-state index in [1.54, 1.807) is 23.2 Å². The fourth-order valence-electron chi connectivity index (χ4n) is 4.11. The highest BCUT2D eigenvalue weighted by Crippen LogP contribution is 2.28. The zero-order valence-corrected chi connectivity index (χ0v) is 19.2. The number of amides is 2. The van der Waals surface area contributed by atoms with E-state index in [0.717, 1.165) is 50.4 Å². The maximum absolute atomic E-state index is 13.0. The maximum Gasteiger partial charge on any atom is 0.258 e. The van der Waals surface area contributed by atoms with Gasteiger partial charge in [0.1, 0.15) is 0 Å². The molecule has 0 saturated carbocycles. The second-order valence-corrected chi connectivity index (χ2v) is 8.64. The second-order valence-electron chi connectivity index (χ2n) is 8.64. The van der Waals surface area contributed by atoms with E-state index in [-0.39, 0.29) is 11.8 Å². The summed E-state index contributed by atoms with van der Waals surface area (Å²) < 4.78 is 0. The van der Waals surface area contributed by atoms with Gasteiger partial charge in [0.25, 0.3) is 5.91 Å². The van der Waals surface area contributed by atoms with Gasteiger partial charge in [-0.2, -0.15) is 0 Å². The van der Waals surface area contributed by atoms with E-state index in [1.807, 2.05) is 36.4 Å². The molecule has 172 valence electrons. The van der Waals surface area contributed by atoms with Crippen LogP contribution in [0.2, 0.25) is 0 Å². The predicted octanol–water partition coefficient (Wildman–Crippen LogP) is 3.23. The number of piperazine rings is 1. The molecule has 4 rings (SSSR count). The summed E-state index contributed by atoms with van der Waals surface area (Å²) >= 11 is 0. The Morgan fingerprint density at radius 2 is 2.00 bits per heavy atom. The van der Waals surface area contributed by atoms with Crippen LogP contribution < -0.4 is 5.32 Å². The quantitative estimate of drug-likeness (QED) is 0.632. The summed E-state index contributed by atoms with van der Waals surface area (Å²) in [5, 5.41) is 2.95. The number of allylic oxidation sites excluding steroid dienone is 1. The third kappa shape index (κ3) is 5.94. The van der Waals surface area contributed by atoms with Crippen LogP contribution in [0, 0.1) is 0 Å². The molecule has 0 unspecified atom stereocenters. The summed E-state index contributed by atoms with van der Waals surface area (Å²) in [7, 11) is 2.14. The zero-order chi connectivity index (χ0) is 23.2. The van der Waals surface area contributed by atoms with E-state index in [4.69, 9.17) is 0 Å². The van der Waals surface area contributed by atoms with Crippen LogP contribution >= 0.6 is 0 Å². The first kappa shape index (κ1) is 22.9. The number of likely N-dealkylation sites (N-methyl/N-ethyl adjacent to an activating group) is 1. The van der Waals surface area contributed by atoms with Crippen LogP contribution in [0.3, 0.4) is 0 Å². The van der Waals surface area contributed by atoms with Gasteiger partial charge in [-0.3, -0.25) is 14.6 Å². The van der Waals surface area contributed by atoms with Crippen LogP contribution in [0.1, 0.15) is 34.5 Å². The average molecular weight is 446 g/mol. The van der Waals surface area contributed by atoms with Crippen molar-refractivity contribution in [1.82, 2.24) is 19.7 Å². The molecular formula is C26H31N5O2. The molecule has 0 atom stereocenters. The van der Waals surface area contributed by atoms with E-state index in [0.29, 0.717) is 29.9 Å². The first-order valence-electron chi connectivity index (χ1n) is 11.4. The van der Waals surface area contributed by atoms with E-state index < -0.39 is 0 Å². The van der Waals surface area contributed by atoms with E-state index in [9.17, 15) is 9.59 Å². The summed E-state index contributed by atoms with van der Waals surface area (Å²) in [6.45, 7) is 9.74. The number of anilines is 1. The van der Waals surface area contributed by atoms with Gasteiger partial charge in [0.15, 0.2) is 0 Å². The molecule has 1 fully saturated rings. The summed E-state index contributed by atoms with van der Waals surface area (Å²) in [5.74, 6) is -0.124. The monoisotopic (exact) mass is 445 g/mol. The molecule has 3 heterocycles. The molecule has 0 bridgehead atoms. The lowest BCUT2D eigenvalue weighted by Crippen LogP contribution is -2.44. The number of carbonyl (C=O) groups is 2. The molecule has 2 aliphatic rings. The van der Waals surface area contributed by atoms with Gasteiger partial charge in [-0.05, 0) is 62.0 Å². The van der Waals surface area contributed by atoms with Crippen LogP contribution in [-0.4, -0.2) is 71.3 Å². The average Bonchev–Trinajstić information content (AvgIpc) is 3.15. The van der Waals surface area contributed by atoms with Gasteiger partial charge < -0.3 is 20.0 Å². The third-order valence-electron chi connectivity index (χ3n) is 6.15. The zero-order valence-electron chi connectivity index (χ0n) is 19.2. The number of pyridine rings is 1. The first-order valence-corrected chi connectivity index (χ1v) is 11.4. The van der Waals surface area contributed by atoms with Crippen molar-refractivity contribution in [1.29, 1.82) is 0 Å². The Bertz CT molecular complexity index is 1040. The lowest BCUT2D eigenvalue weighted by molar-refractivity contribution is -0.116. The Morgan fingerprint density at radius 3 is 2.76 bits per heavy atom. The molecule has 0 aliphatic carbocycles. The van der Waals surface area contributed by atoms with Gasteiger partial charge in [-0.25, -0.2) is 0 Å². The van der Waals surface area contributed by atoms with Crippen LogP contribution in [0.5, 0.6) is 0 Å². The molecule has 2 amide bonds. The van der Waals surface area contributed by atoms with Gasteiger partial charge in [-0.15, -0.1) is 0 Å². The SMILES string of the molecule is C=C(C=Cc1ccccn1)N1Cc2ccc(NC(=O)CCCN3CCN(C)CC3)cc2C1=O. The molecular weight excluding hydrogens is 414 g/mol. The molecule has 2 aliphatic heterocycles. The standard InChI is InChI=1S/C26H31N5O2/c1-20(8-10-22-6-3-4-12-27-22)31-19-21-9-11-23(18-24(21)26(31)33)28-25(32)7-5-13-30-16-14-29(2)15-17-30/h3-4,6,8-12,18H,1,5,7,13-17,19H2,2H3,(H,28,32). The molecule has 0 radical (unpaired) electrons. The van der Waals surface area contributed by atoms with Crippen molar-refractivity contribution in [3.8, 4) is 0 Å². The Morgan fingerprint density at radius 1 is 1.18 bits per heavy atom. The lowest BCUT2D eigenvalue weighted by Gasteiger charge is -2.32. The number of aromatic nitrogens is 1. The van der Waals surface area contributed by atoms with Gasteiger partial charge in [0, 0.05) is 55.7 Å². The maximum atomic E-state index is 13.0. The van der Waals surface area contributed by atoms with Crippen molar-refractivity contribution in [2.75, 3.05) is 45.1 Å². The highest BCUT2D eigenvalue weighted by Gasteiger charge is 2.28. The van der Waals surface area contributed by atoms with Crippen molar-refractivity contribution in [2.24, 2.45) is 0 Å². The number of nitrogens with one attached hydrogen (secondary N) is 1. The number of rotatable bonds is 8. The van der Waals surface area contributed by atoms with Gasteiger partial charge in [-0.1, -0.05) is 18.7 Å². The molecule has 1 N–H and O–H groups in total. The minimum atomic E-state index is -0.105. The van der Waals surface area contributed by atoms with Gasteiger partial charge >= 0.3 is 0 Å². The van der Waals surface area contributed by atoms with Crippen molar-refractivity contribution in [3.63, 3.8) is 0 Å². The van der Waals surface area contributed by atoms with E-state index in [1.165, 1.54) is 0 Å².